The molecule has 2 aromatic rings. The van der Waals surface area contributed by atoms with Crippen molar-refractivity contribution in [2.24, 2.45) is 0 Å². The van der Waals surface area contributed by atoms with Gasteiger partial charge in [0.2, 0.25) is 0 Å². The van der Waals surface area contributed by atoms with Gasteiger partial charge in [-0.1, -0.05) is 54.6 Å². The van der Waals surface area contributed by atoms with Crippen LogP contribution in [0.3, 0.4) is 0 Å². The van der Waals surface area contributed by atoms with E-state index in [-0.39, 0.29) is 18.7 Å². The first-order valence-corrected chi connectivity index (χ1v) is 6.64. The van der Waals surface area contributed by atoms with E-state index in [1.54, 1.807) is 0 Å². The van der Waals surface area contributed by atoms with Crippen LogP contribution in [-0.2, 0) is 0 Å². The zero-order valence-electron chi connectivity index (χ0n) is 10.7. The van der Waals surface area contributed by atoms with E-state index in [0.717, 1.165) is 6.42 Å². The van der Waals surface area contributed by atoms with Crippen LogP contribution in [0.1, 0.15) is 18.0 Å². The highest BCUT2D eigenvalue weighted by Crippen LogP contribution is 2.25. The lowest BCUT2D eigenvalue weighted by molar-refractivity contribution is 0.251. The molecular formula is C16H18N2O. The lowest BCUT2D eigenvalue weighted by Crippen LogP contribution is -2.32. The fourth-order valence-electron chi connectivity index (χ4n) is 2.50. The third kappa shape index (κ3) is 2.68. The van der Waals surface area contributed by atoms with Crippen molar-refractivity contribution in [2.75, 3.05) is 6.61 Å². The van der Waals surface area contributed by atoms with E-state index in [2.05, 4.69) is 59.4 Å². The maximum atomic E-state index is 9.12. The molecule has 3 rings (SSSR count). The van der Waals surface area contributed by atoms with Crippen LogP contribution in [0.4, 0.5) is 0 Å². The quantitative estimate of drug-likeness (QED) is 0.787. The summed E-state index contributed by atoms with van der Waals surface area (Å²) in [6, 6.07) is 19.4. The van der Waals surface area contributed by atoms with Crippen molar-refractivity contribution >= 4 is 0 Å². The average molecular weight is 254 g/mol. The summed E-state index contributed by atoms with van der Waals surface area (Å²) in [6.45, 7) is 0.172. The fraction of sp³-hybridized carbons (Fsp3) is 0.250. The Morgan fingerprint density at radius 2 is 1.58 bits per heavy atom. The fourth-order valence-corrected chi connectivity index (χ4v) is 2.50. The van der Waals surface area contributed by atoms with E-state index < -0.39 is 0 Å². The third-order valence-corrected chi connectivity index (χ3v) is 3.62. The van der Waals surface area contributed by atoms with Crippen molar-refractivity contribution in [3.63, 3.8) is 0 Å². The predicted molar refractivity (Wildman–Crippen MR) is 76.4 cm³/mol. The van der Waals surface area contributed by atoms with Gasteiger partial charge in [-0.25, -0.2) is 5.43 Å². The molecule has 2 unspecified atom stereocenters. The summed E-state index contributed by atoms with van der Waals surface area (Å²) >= 11 is 0. The first-order chi connectivity index (χ1) is 9.36. The summed E-state index contributed by atoms with van der Waals surface area (Å²) in [4.78, 5) is 0. The molecule has 3 nitrogen and oxygen atoms in total. The Bertz CT molecular complexity index is 524. The van der Waals surface area contributed by atoms with E-state index in [1.807, 2.05) is 6.07 Å². The summed E-state index contributed by atoms with van der Waals surface area (Å²) in [7, 11) is 0. The minimum atomic E-state index is 0.152. The van der Waals surface area contributed by atoms with Crippen LogP contribution in [0.15, 0.2) is 54.6 Å². The molecule has 0 amide bonds. The molecule has 19 heavy (non-hydrogen) atoms. The maximum absolute atomic E-state index is 9.12. The molecule has 2 atom stereocenters. The molecule has 0 radical (unpaired) electrons. The SMILES string of the molecule is OCC1CC(c2ccc(-c3ccccc3)cc2)NN1. The Hall–Kier alpha value is -1.68. The molecule has 0 spiro atoms. The van der Waals surface area contributed by atoms with Gasteiger partial charge < -0.3 is 5.11 Å². The van der Waals surface area contributed by atoms with Gasteiger partial charge in [-0.15, -0.1) is 0 Å². The van der Waals surface area contributed by atoms with Crippen molar-refractivity contribution in [3.05, 3.63) is 60.2 Å². The van der Waals surface area contributed by atoms with Crippen molar-refractivity contribution in [3.8, 4) is 11.1 Å². The van der Waals surface area contributed by atoms with Gasteiger partial charge in [0.15, 0.2) is 0 Å². The van der Waals surface area contributed by atoms with E-state index in [1.165, 1.54) is 16.7 Å². The molecule has 2 aromatic carbocycles. The van der Waals surface area contributed by atoms with Crippen molar-refractivity contribution < 1.29 is 5.11 Å². The van der Waals surface area contributed by atoms with Crippen LogP contribution in [0.2, 0.25) is 0 Å². The molecule has 1 saturated heterocycles. The smallest absolute Gasteiger partial charge is 0.0598 e. The molecule has 0 bridgehead atoms. The molecule has 0 aliphatic carbocycles. The highest BCUT2D eigenvalue weighted by Gasteiger charge is 2.23. The number of hydrogen-bond donors (Lipinski definition) is 3. The van der Waals surface area contributed by atoms with Crippen molar-refractivity contribution in [2.45, 2.75) is 18.5 Å². The Balaban J connectivity index is 1.76. The molecule has 98 valence electrons. The van der Waals surface area contributed by atoms with E-state index in [0.29, 0.717) is 0 Å². The predicted octanol–water partition coefficient (Wildman–Crippen LogP) is 2.25. The molecule has 1 heterocycles. The number of nitrogens with one attached hydrogen (secondary N) is 2. The Labute approximate surface area is 113 Å². The molecule has 0 aromatic heterocycles. The standard InChI is InChI=1S/C16H18N2O/c19-11-15-10-16(18-17-15)14-8-6-13(7-9-14)12-4-2-1-3-5-12/h1-9,15-19H,10-11H2. The number of aliphatic hydroxyl groups excluding tert-OH is 1. The van der Waals surface area contributed by atoms with Gasteiger partial charge in [0.05, 0.1) is 6.61 Å². The number of hydrogen-bond acceptors (Lipinski definition) is 3. The normalized spacial score (nSPS) is 22.6. The van der Waals surface area contributed by atoms with Crippen molar-refractivity contribution in [1.29, 1.82) is 0 Å². The number of benzene rings is 2. The highest BCUT2D eigenvalue weighted by atomic mass is 16.3. The van der Waals surface area contributed by atoms with Crippen molar-refractivity contribution in [1.82, 2.24) is 10.9 Å². The molecule has 1 fully saturated rings. The number of aliphatic hydroxyl groups is 1. The minimum absolute atomic E-state index is 0.152. The van der Waals surface area contributed by atoms with Crippen LogP contribution in [0.5, 0.6) is 0 Å². The van der Waals surface area contributed by atoms with Gasteiger partial charge >= 0.3 is 0 Å². The molecule has 1 aliphatic heterocycles. The average Bonchev–Trinajstić information content (AvgIpc) is 2.97. The van der Waals surface area contributed by atoms with E-state index in [4.69, 9.17) is 5.11 Å². The van der Waals surface area contributed by atoms with Crippen LogP contribution in [0, 0.1) is 0 Å². The van der Waals surface area contributed by atoms with Gasteiger partial charge in [0, 0.05) is 12.1 Å². The van der Waals surface area contributed by atoms with Gasteiger partial charge in [-0.3, -0.25) is 5.43 Å². The monoisotopic (exact) mass is 254 g/mol. The van der Waals surface area contributed by atoms with Gasteiger partial charge in [-0.2, -0.15) is 0 Å². The summed E-state index contributed by atoms with van der Waals surface area (Å²) in [6.07, 6.45) is 0.918. The van der Waals surface area contributed by atoms with Gasteiger partial charge in [-0.05, 0) is 23.1 Å². The van der Waals surface area contributed by atoms with Gasteiger partial charge in [0.1, 0.15) is 0 Å². The third-order valence-electron chi connectivity index (χ3n) is 3.62. The van der Waals surface area contributed by atoms with Crippen LogP contribution in [0.25, 0.3) is 11.1 Å². The Morgan fingerprint density at radius 1 is 0.895 bits per heavy atom. The first kappa shape index (κ1) is 12.4. The Morgan fingerprint density at radius 3 is 2.21 bits per heavy atom. The summed E-state index contributed by atoms with van der Waals surface area (Å²) in [5.74, 6) is 0. The van der Waals surface area contributed by atoms with E-state index >= 15 is 0 Å². The summed E-state index contributed by atoms with van der Waals surface area (Å²) in [5, 5.41) is 9.12. The first-order valence-electron chi connectivity index (χ1n) is 6.64. The topological polar surface area (TPSA) is 44.3 Å². The van der Waals surface area contributed by atoms with Gasteiger partial charge in [0.25, 0.3) is 0 Å². The number of rotatable bonds is 3. The zero-order valence-corrected chi connectivity index (χ0v) is 10.7. The molecule has 1 aliphatic rings. The largest absolute Gasteiger partial charge is 0.395 e. The highest BCUT2D eigenvalue weighted by molar-refractivity contribution is 5.63. The number of hydrazine groups is 1. The van der Waals surface area contributed by atoms with Crippen LogP contribution in [-0.4, -0.2) is 17.8 Å². The maximum Gasteiger partial charge on any atom is 0.0598 e. The second-order valence-corrected chi connectivity index (χ2v) is 4.94. The molecular weight excluding hydrogens is 236 g/mol. The molecule has 3 heteroatoms. The second-order valence-electron chi connectivity index (χ2n) is 4.94. The van der Waals surface area contributed by atoms with Crippen LogP contribution >= 0.6 is 0 Å². The lowest BCUT2D eigenvalue weighted by atomic mass is 9.98. The van der Waals surface area contributed by atoms with E-state index in [9.17, 15) is 0 Å². The molecule has 0 saturated carbocycles. The zero-order chi connectivity index (χ0) is 13.1. The second kappa shape index (κ2) is 5.53. The minimum Gasteiger partial charge on any atom is -0.395 e. The lowest BCUT2D eigenvalue weighted by Gasteiger charge is -2.10. The summed E-state index contributed by atoms with van der Waals surface area (Å²) < 4.78 is 0. The Kier molecular flexibility index (Phi) is 3.60. The van der Waals surface area contributed by atoms with Crippen LogP contribution < -0.4 is 10.9 Å². The summed E-state index contributed by atoms with van der Waals surface area (Å²) in [5.41, 5.74) is 10.0. The molecule has 3 N–H and O–H groups in total.